The minimum Gasteiger partial charge on any atom is -0.462 e. The normalized spacial score (nSPS) is 10.7. The average Bonchev–Trinajstić information content (AvgIpc) is 2.73. The number of nitrogens with one attached hydrogen (secondary N) is 1. The Bertz CT molecular complexity index is 1070. The van der Waals surface area contributed by atoms with Gasteiger partial charge in [-0.1, -0.05) is 18.6 Å². The van der Waals surface area contributed by atoms with E-state index in [1.807, 2.05) is 26.8 Å². The number of hydrogen-bond donors (Lipinski definition) is 1. The Morgan fingerprint density at radius 3 is 2.40 bits per heavy atom. The molecule has 1 heterocycles. The van der Waals surface area contributed by atoms with Crippen LogP contribution in [0.2, 0.25) is 0 Å². The molecule has 30 heavy (non-hydrogen) atoms. The molecule has 156 valence electrons. The molecule has 3 rings (SSSR count). The fourth-order valence-corrected chi connectivity index (χ4v) is 3.27. The summed E-state index contributed by atoms with van der Waals surface area (Å²) in [4.78, 5) is 29.1. The van der Waals surface area contributed by atoms with E-state index >= 15 is 0 Å². The van der Waals surface area contributed by atoms with Crippen LogP contribution in [0.5, 0.6) is 0 Å². The zero-order valence-electron chi connectivity index (χ0n) is 17.7. The Morgan fingerprint density at radius 1 is 1.00 bits per heavy atom. The first-order chi connectivity index (χ1) is 14.4. The Kier molecular flexibility index (Phi) is 6.67. The number of fused-ring (bicyclic) bond motifs is 1. The van der Waals surface area contributed by atoms with Crippen molar-refractivity contribution in [3.63, 3.8) is 0 Å². The molecule has 0 unspecified atom stereocenters. The van der Waals surface area contributed by atoms with E-state index in [2.05, 4.69) is 16.4 Å². The molecule has 2 aromatic carbocycles. The summed E-state index contributed by atoms with van der Waals surface area (Å²) < 4.78 is 10.4. The maximum Gasteiger partial charge on any atom is 0.341 e. The van der Waals surface area contributed by atoms with Crippen molar-refractivity contribution < 1.29 is 19.1 Å². The molecule has 0 aliphatic rings. The third-order valence-corrected chi connectivity index (χ3v) is 4.63. The van der Waals surface area contributed by atoms with Gasteiger partial charge in [-0.05, 0) is 63.1 Å². The summed E-state index contributed by atoms with van der Waals surface area (Å²) in [5, 5.41) is 4.16. The number of carbonyl (C=O) groups excluding carboxylic acids is 2. The Morgan fingerprint density at radius 2 is 1.73 bits per heavy atom. The van der Waals surface area contributed by atoms with Gasteiger partial charge in [0, 0.05) is 17.3 Å². The second-order valence-electron chi connectivity index (χ2n) is 7.08. The number of pyridine rings is 1. The van der Waals surface area contributed by atoms with E-state index in [1.54, 1.807) is 37.4 Å². The first-order valence-electron chi connectivity index (χ1n) is 10.1. The van der Waals surface area contributed by atoms with Crippen LogP contribution in [0.4, 0.5) is 11.4 Å². The molecule has 0 spiro atoms. The molecule has 1 N–H and O–H groups in total. The lowest BCUT2D eigenvalue weighted by Gasteiger charge is -2.16. The zero-order valence-corrected chi connectivity index (χ0v) is 17.7. The molecule has 0 atom stereocenters. The van der Waals surface area contributed by atoms with Crippen LogP contribution in [0, 0.1) is 13.8 Å². The van der Waals surface area contributed by atoms with Crippen molar-refractivity contribution in [3.05, 3.63) is 64.8 Å². The highest BCUT2D eigenvalue weighted by Crippen LogP contribution is 2.32. The van der Waals surface area contributed by atoms with Crippen molar-refractivity contribution in [1.82, 2.24) is 4.98 Å². The van der Waals surface area contributed by atoms with E-state index in [-0.39, 0.29) is 12.6 Å². The number of esters is 2. The van der Waals surface area contributed by atoms with Crippen LogP contribution in [0.1, 0.15) is 52.1 Å². The number of hydrogen-bond acceptors (Lipinski definition) is 6. The third-order valence-electron chi connectivity index (χ3n) is 4.63. The van der Waals surface area contributed by atoms with Crippen molar-refractivity contribution >= 4 is 34.2 Å². The fraction of sp³-hybridized carbons (Fsp3) is 0.292. The largest absolute Gasteiger partial charge is 0.462 e. The van der Waals surface area contributed by atoms with Crippen molar-refractivity contribution in [2.24, 2.45) is 0 Å². The van der Waals surface area contributed by atoms with E-state index in [1.165, 1.54) is 0 Å². The van der Waals surface area contributed by atoms with E-state index in [4.69, 9.17) is 9.47 Å². The van der Waals surface area contributed by atoms with Gasteiger partial charge >= 0.3 is 11.9 Å². The van der Waals surface area contributed by atoms with Gasteiger partial charge in [0.05, 0.1) is 30.0 Å². The maximum absolute atomic E-state index is 12.5. The van der Waals surface area contributed by atoms with Crippen LogP contribution in [0.15, 0.2) is 42.6 Å². The Balaban J connectivity index is 2.02. The highest BCUT2D eigenvalue weighted by molar-refractivity contribution is 6.06. The first kappa shape index (κ1) is 21.3. The lowest BCUT2D eigenvalue weighted by Crippen LogP contribution is -2.10. The molecule has 0 aliphatic heterocycles. The predicted molar refractivity (Wildman–Crippen MR) is 117 cm³/mol. The maximum atomic E-state index is 12.5. The van der Waals surface area contributed by atoms with Gasteiger partial charge in [-0.2, -0.15) is 0 Å². The van der Waals surface area contributed by atoms with Gasteiger partial charge in [-0.25, -0.2) is 9.59 Å². The van der Waals surface area contributed by atoms with Crippen LogP contribution in [0.3, 0.4) is 0 Å². The van der Waals surface area contributed by atoms with E-state index < -0.39 is 5.97 Å². The number of benzene rings is 2. The van der Waals surface area contributed by atoms with Gasteiger partial charge in [0.25, 0.3) is 0 Å². The molecule has 0 saturated carbocycles. The lowest BCUT2D eigenvalue weighted by atomic mass is 10.0. The second kappa shape index (κ2) is 9.39. The fourth-order valence-electron chi connectivity index (χ4n) is 3.27. The Hall–Kier alpha value is -3.41. The summed E-state index contributed by atoms with van der Waals surface area (Å²) in [6.07, 6.45) is 2.32. The molecule has 0 amide bonds. The molecule has 0 bridgehead atoms. The Labute approximate surface area is 176 Å². The SMILES string of the molecule is CCCOC(=O)c1ccc(Nc2c(C(=O)OCC)cnc3c(C)cc(C)cc23)cc1. The average molecular weight is 406 g/mol. The van der Waals surface area contributed by atoms with Gasteiger partial charge < -0.3 is 14.8 Å². The van der Waals surface area contributed by atoms with Crippen molar-refractivity contribution in [3.8, 4) is 0 Å². The van der Waals surface area contributed by atoms with Crippen LogP contribution >= 0.6 is 0 Å². The summed E-state index contributed by atoms with van der Waals surface area (Å²) in [6, 6.07) is 11.0. The number of aromatic nitrogens is 1. The van der Waals surface area contributed by atoms with Gasteiger partial charge in [-0.15, -0.1) is 0 Å². The summed E-state index contributed by atoms with van der Waals surface area (Å²) in [5.41, 5.74) is 5.12. The monoisotopic (exact) mass is 406 g/mol. The van der Waals surface area contributed by atoms with Crippen molar-refractivity contribution in [2.45, 2.75) is 34.1 Å². The summed E-state index contributed by atoms with van der Waals surface area (Å²) in [7, 11) is 0. The summed E-state index contributed by atoms with van der Waals surface area (Å²) in [5.74, 6) is -0.787. The van der Waals surface area contributed by atoms with Gasteiger partial charge in [0.15, 0.2) is 0 Å². The van der Waals surface area contributed by atoms with Gasteiger partial charge in [-0.3, -0.25) is 4.98 Å². The second-order valence-corrected chi connectivity index (χ2v) is 7.08. The topological polar surface area (TPSA) is 77.5 Å². The molecule has 3 aromatic rings. The first-order valence-corrected chi connectivity index (χ1v) is 10.1. The molecule has 6 heteroatoms. The van der Waals surface area contributed by atoms with E-state index in [0.29, 0.717) is 23.4 Å². The summed E-state index contributed by atoms with van der Waals surface area (Å²) in [6.45, 7) is 8.38. The van der Waals surface area contributed by atoms with Crippen LogP contribution in [-0.4, -0.2) is 30.1 Å². The molecule has 0 saturated heterocycles. The number of ether oxygens (including phenoxy) is 2. The molecular formula is C24H26N2O4. The number of anilines is 2. The minimum atomic E-state index is -0.437. The van der Waals surface area contributed by atoms with E-state index in [0.717, 1.165) is 34.1 Å². The molecule has 0 fully saturated rings. The number of rotatable bonds is 7. The molecular weight excluding hydrogens is 380 g/mol. The van der Waals surface area contributed by atoms with Gasteiger partial charge in [0.2, 0.25) is 0 Å². The van der Waals surface area contributed by atoms with Crippen molar-refractivity contribution in [2.75, 3.05) is 18.5 Å². The summed E-state index contributed by atoms with van der Waals surface area (Å²) >= 11 is 0. The quantitative estimate of drug-likeness (QED) is 0.534. The molecule has 0 radical (unpaired) electrons. The highest BCUT2D eigenvalue weighted by Gasteiger charge is 2.18. The van der Waals surface area contributed by atoms with Crippen LogP contribution in [0.25, 0.3) is 10.9 Å². The standard InChI is InChI=1S/C24H26N2O4/c1-5-11-30-23(27)17-7-9-18(10-8-17)26-22-19-13-15(3)12-16(4)21(19)25-14-20(22)24(28)29-6-2/h7-10,12-14H,5-6,11H2,1-4H3,(H,25,26). The zero-order chi connectivity index (χ0) is 21.7. The minimum absolute atomic E-state index is 0.276. The molecule has 0 aliphatic carbocycles. The third kappa shape index (κ3) is 4.59. The van der Waals surface area contributed by atoms with Gasteiger partial charge in [0.1, 0.15) is 5.56 Å². The number of nitrogens with zero attached hydrogens (tertiary/aromatic N) is 1. The predicted octanol–water partition coefficient (Wildman–Crippen LogP) is 5.34. The molecule has 6 nitrogen and oxygen atoms in total. The lowest BCUT2D eigenvalue weighted by molar-refractivity contribution is 0.0501. The van der Waals surface area contributed by atoms with Crippen LogP contribution in [-0.2, 0) is 9.47 Å². The highest BCUT2D eigenvalue weighted by atomic mass is 16.5. The number of carbonyl (C=O) groups is 2. The number of aryl methyl sites for hydroxylation is 2. The smallest absolute Gasteiger partial charge is 0.341 e. The van der Waals surface area contributed by atoms with E-state index in [9.17, 15) is 9.59 Å². The van der Waals surface area contributed by atoms with Crippen LogP contribution < -0.4 is 5.32 Å². The molecule has 1 aromatic heterocycles. The van der Waals surface area contributed by atoms with Crippen molar-refractivity contribution in [1.29, 1.82) is 0 Å².